The summed E-state index contributed by atoms with van der Waals surface area (Å²) in [4.78, 5) is 16.8. The van der Waals surface area contributed by atoms with Crippen LogP contribution in [0.4, 0.5) is 0 Å². The van der Waals surface area contributed by atoms with Crippen LogP contribution >= 0.6 is 0 Å². The van der Waals surface area contributed by atoms with Gasteiger partial charge in [0.05, 0.1) is 11.5 Å². The van der Waals surface area contributed by atoms with E-state index >= 15 is 0 Å². The molecule has 1 unspecified atom stereocenters. The number of carbonyl (C=O) groups is 1. The lowest BCUT2D eigenvalue weighted by Gasteiger charge is -2.22. The van der Waals surface area contributed by atoms with Gasteiger partial charge in [-0.3, -0.25) is 0 Å². The number of methoxy groups -OCH3 is 1. The predicted molar refractivity (Wildman–Crippen MR) is 78.1 cm³/mol. The van der Waals surface area contributed by atoms with E-state index in [0.717, 1.165) is 19.3 Å². The van der Waals surface area contributed by atoms with Crippen molar-refractivity contribution < 1.29 is 24.6 Å². The van der Waals surface area contributed by atoms with Gasteiger partial charge < -0.3 is 19.8 Å². The Balaban J connectivity index is 2.35. The van der Waals surface area contributed by atoms with Crippen molar-refractivity contribution in [1.82, 2.24) is 4.73 Å². The third-order valence-corrected chi connectivity index (χ3v) is 3.60. The molecule has 0 aliphatic rings. The highest BCUT2D eigenvalue weighted by molar-refractivity contribution is 5.72. The largest absolute Gasteiger partial charge is 0.492 e. The van der Waals surface area contributed by atoms with Crippen molar-refractivity contribution in [2.24, 2.45) is 5.92 Å². The molecule has 6 nitrogen and oxygen atoms in total. The fraction of sp³-hybridized carbons (Fsp3) is 0.667. The first-order chi connectivity index (χ1) is 9.76. The molecular formula is C15H25NO5. The molecule has 120 valence electrons. The molecule has 0 bridgehead atoms. The SMILES string of the molecule is COC(C)(C)CCCCC(C)C(=O)On1c(O)ccc1O. The lowest BCUT2D eigenvalue weighted by Crippen LogP contribution is -2.25. The van der Waals surface area contributed by atoms with E-state index in [4.69, 9.17) is 9.57 Å². The summed E-state index contributed by atoms with van der Waals surface area (Å²) in [6.07, 6.45) is 3.44. The van der Waals surface area contributed by atoms with E-state index in [-0.39, 0.29) is 23.3 Å². The third-order valence-electron chi connectivity index (χ3n) is 3.60. The number of aromatic nitrogens is 1. The van der Waals surface area contributed by atoms with Crippen LogP contribution in [0.2, 0.25) is 0 Å². The highest BCUT2D eigenvalue weighted by atomic mass is 16.7. The second-order valence-electron chi connectivity index (χ2n) is 5.87. The number of hydrogen-bond acceptors (Lipinski definition) is 5. The molecule has 6 heteroatoms. The first-order valence-corrected chi connectivity index (χ1v) is 7.14. The van der Waals surface area contributed by atoms with Crippen molar-refractivity contribution in [1.29, 1.82) is 0 Å². The molecule has 0 aliphatic carbocycles. The second-order valence-corrected chi connectivity index (χ2v) is 5.87. The first kappa shape index (κ1) is 17.4. The van der Waals surface area contributed by atoms with E-state index in [2.05, 4.69) is 0 Å². The van der Waals surface area contributed by atoms with Crippen molar-refractivity contribution in [3.63, 3.8) is 0 Å². The fourth-order valence-corrected chi connectivity index (χ4v) is 1.90. The van der Waals surface area contributed by atoms with E-state index in [0.29, 0.717) is 11.2 Å². The van der Waals surface area contributed by atoms with Crippen LogP contribution in [-0.2, 0) is 9.53 Å². The Bertz CT molecular complexity index is 447. The zero-order chi connectivity index (χ0) is 16.0. The topological polar surface area (TPSA) is 80.9 Å². The molecule has 1 aromatic heterocycles. The summed E-state index contributed by atoms with van der Waals surface area (Å²) >= 11 is 0. The number of rotatable bonds is 8. The molecule has 2 N–H and O–H groups in total. The van der Waals surface area contributed by atoms with Crippen LogP contribution in [0.25, 0.3) is 0 Å². The molecule has 0 spiro atoms. The van der Waals surface area contributed by atoms with E-state index in [1.54, 1.807) is 14.0 Å². The van der Waals surface area contributed by atoms with Gasteiger partial charge in [0.2, 0.25) is 11.8 Å². The minimum atomic E-state index is -0.484. The van der Waals surface area contributed by atoms with Crippen molar-refractivity contribution >= 4 is 5.97 Å². The maximum atomic E-state index is 11.9. The monoisotopic (exact) mass is 299 g/mol. The summed E-state index contributed by atoms with van der Waals surface area (Å²) in [6.45, 7) is 5.83. The van der Waals surface area contributed by atoms with Crippen LogP contribution in [0.5, 0.6) is 11.8 Å². The molecule has 0 aromatic carbocycles. The summed E-state index contributed by atoms with van der Waals surface area (Å²) in [6, 6.07) is 2.50. The van der Waals surface area contributed by atoms with Gasteiger partial charge in [0.25, 0.3) is 0 Å². The zero-order valence-corrected chi connectivity index (χ0v) is 13.1. The predicted octanol–water partition coefficient (Wildman–Crippen LogP) is 2.48. The van der Waals surface area contributed by atoms with Crippen LogP contribution in [0.1, 0.15) is 46.5 Å². The smallest absolute Gasteiger partial charge is 0.335 e. The average molecular weight is 299 g/mol. The third kappa shape index (κ3) is 5.30. The van der Waals surface area contributed by atoms with Crippen molar-refractivity contribution in [2.45, 2.75) is 52.1 Å². The zero-order valence-electron chi connectivity index (χ0n) is 13.1. The lowest BCUT2D eigenvalue weighted by molar-refractivity contribution is -0.150. The minimum Gasteiger partial charge on any atom is -0.492 e. The number of ether oxygens (including phenoxy) is 1. The highest BCUT2D eigenvalue weighted by Crippen LogP contribution is 2.21. The van der Waals surface area contributed by atoms with E-state index < -0.39 is 5.97 Å². The maximum Gasteiger partial charge on any atom is 0.335 e. The summed E-state index contributed by atoms with van der Waals surface area (Å²) < 4.78 is 6.05. The summed E-state index contributed by atoms with van der Waals surface area (Å²) in [5.74, 6) is -1.41. The fourth-order valence-electron chi connectivity index (χ4n) is 1.90. The Morgan fingerprint density at radius 1 is 1.29 bits per heavy atom. The molecule has 0 saturated heterocycles. The standard InChI is InChI=1S/C15H25NO5/c1-11(7-5-6-10-15(2,3)20-4)14(19)21-16-12(17)8-9-13(16)18/h8-9,11,17-18H,5-7,10H2,1-4H3. The second kappa shape index (κ2) is 7.36. The van der Waals surface area contributed by atoms with E-state index in [1.165, 1.54) is 12.1 Å². The molecule has 1 aromatic rings. The van der Waals surface area contributed by atoms with Crippen LogP contribution in [-0.4, -0.2) is 33.6 Å². The Hall–Kier alpha value is -1.69. The number of unbranched alkanes of at least 4 members (excludes halogenated alkanes) is 1. The summed E-state index contributed by atoms with van der Waals surface area (Å²) in [5, 5.41) is 18.8. The van der Waals surface area contributed by atoms with Gasteiger partial charge in [-0.25, -0.2) is 4.79 Å². The van der Waals surface area contributed by atoms with Crippen LogP contribution in [0, 0.1) is 5.92 Å². The average Bonchev–Trinajstić information content (AvgIpc) is 2.75. The van der Waals surface area contributed by atoms with Crippen molar-refractivity contribution in [3.8, 4) is 11.8 Å². The Morgan fingerprint density at radius 3 is 2.38 bits per heavy atom. The molecule has 1 rings (SSSR count). The van der Waals surface area contributed by atoms with E-state index in [1.807, 2.05) is 13.8 Å². The molecule has 21 heavy (non-hydrogen) atoms. The van der Waals surface area contributed by atoms with Gasteiger partial charge in [0, 0.05) is 19.2 Å². The Labute approximate surface area is 125 Å². The normalized spacial score (nSPS) is 13.1. The number of carbonyl (C=O) groups excluding carboxylic acids is 1. The molecule has 1 heterocycles. The lowest BCUT2D eigenvalue weighted by atomic mass is 9.97. The first-order valence-electron chi connectivity index (χ1n) is 7.14. The van der Waals surface area contributed by atoms with Gasteiger partial charge in [0.15, 0.2) is 0 Å². The molecule has 1 atom stereocenters. The Morgan fingerprint density at radius 2 is 1.86 bits per heavy atom. The van der Waals surface area contributed by atoms with Gasteiger partial charge in [-0.1, -0.05) is 19.8 Å². The number of hydrogen-bond donors (Lipinski definition) is 2. The van der Waals surface area contributed by atoms with Gasteiger partial charge in [-0.2, -0.15) is 0 Å². The molecular weight excluding hydrogens is 274 g/mol. The van der Waals surface area contributed by atoms with Crippen LogP contribution in [0.15, 0.2) is 12.1 Å². The minimum absolute atomic E-state index is 0.146. The quantitative estimate of drug-likeness (QED) is 0.721. The molecule has 0 amide bonds. The van der Waals surface area contributed by atoms with Crippen LogP contribution < -0.4 is 4.84 Å². The van der Waals surface area contributed by atoms with Gasteiger partial charge in [-0.05, 0) is 26.7 Å². The Kier molecular flexibility index (Phi) is 6.08. The maximum absolute atomic E-state index is 11.9. The van der Waals surface area contributed by atoms with Gasteiger partial charge in [0.1, 0.15) is 0 Å². The highest BCUT2D eigenvalue weighted by Gasteiger charge is 2.20. The van der Waals surface area contributed by atoms with Gasteiger partial charge >= 0.3 is 5.97 Å². The molecule has 0 saturated carbocycles. The van der Waals surface area contributed by atoms with Crippen molar-refractivity contribution in [3.05, 3.63) is 12.1 Å². The molecule has 0 radical (unpaired) electrons. The van der Waals surface area contributed by atoms with Crippen LogP contribution in [0.3, 0.4) is 0 Å². The van der Waals surface area contributed by atoms with Crippen molar-refractivity contribution in [2.75, 3.05) is 7.11 Å². The van der Waals surface area contributed by atoms with Gasteiger partial charge in [-0.15, -0.1) is 4.73 Å². The number of nitrogens with zero attached hydrogens (tertiary/aromatic N) is 1. The summed E-state index contributed by atoms with van der Waals surface area (Å²) in [5.41, 5.74) is -0.146. The van der Waals surface area contributed by atoms with E-state index in [9.17, 15) is 15.0 Å². The number of aromatic hydroxyl groups is 2. The summed E-state index contributed by atoms with van der Waals surface area (Å²) in [7, 11) is 1.69. The molecule has 0 aliphatic heterocycles. The molecule has 0 fully saturated rings.